The van der Waals surface area contributed by atoms with Crippen LogP contribution in [0.2, 0.25) is 0 Å². The number of carbonyl (C=O) groups excluding carboxylic acids is 1. The Kier molecular flexibility index (Phi) is 3.41. The summed E-state index contributed by atoms with van der Waals surface area (Å²) >= 11 is 1.41. The molecule has 1 N–H and O–H groups in total. The number of amides is 1. The number of carbonyl (C=O) groups is 1. The molecule has 98 valence electrons. The maximum Gasteiger partial charge on any atom is 0.275 e. The Hall–Kier alpha value is -1.95. The lowest BCUT2D eigenvalue weighted by atomic mass is 10.3. The van der Waals surface area contributed by atoms with E-state index >= 15 is 0 Å². The number of aromatic nitrogens is 2. The van der Waals surface area contributed by atoms with E-state index < -0.39 is 0 Å². The normalized spacial score (nSPS) is 14.6. The summed E-state index contributed by atoms with van der Waals surface area (Å²) in [4.78, 5) is 22.6. The van der Waals surface area contributed by atoms with Gasteiger partial charge in [-0.15, -0.1) is 11.3 Å². The van der Waals surface area contributed by atoms with E-state index in [4.69, 9.17) is 0 Å². The lowest BCUT2D eigenvalue weighted by Crippen LogP contribution is -2.22. The number of nitrogens with zero attached hydrogens (tertiary/aromatic N) is 3. The molecule has 0 aromatic carbocycles. The Bertz CT molecular complexity index is 564. The van der Waals surface area contributed by atoms with Crippen LogP contribution < -0.4 is 10.2 Å². The fraction of sp³-hybridized carbons (Fsp3) is 0.308. The standard InChI is InChI=1S/C13H14N4OS/c18-13(11-8-19-9-15-11)16-10-4-3-5-14-12(10)17-6-1-2-7-17/h3-5,8-9H,1-2,6-7H2,(H,16,18). The average Bonchev–Trinajstić information content (AvgIpc) is 3.13. The van der Waals surface area contributed by atoms with Crippen LogP contribution in [0.3, 0.4) is 0 Å². The van der Waals surface area contributed by atoms with Gasteiger partial charge in [-0.05, 0) is 25.0 Å². The largest absolute Gasteiger partial charge is 0.355 e. The van der Waals surface area contributed by atoms with E-state index in [-0.39, 0.29) is 5.91 Å². The highest BCUT2D eigenvalue weighted by Crippen LogP contribution is 2.26. The molecule has 1 aliphatic heterocycles. The van der Waals surface area contributed by atoms with Gasteiger partial charge in [0.2, 0.25) is 0 Å². The minimum absolute atomic E-state index is 0.185. The molecule has 0 atom stereocenters. The molecule has 1 fully saturated rings. The van der Waals surface area contributed by atoms with Crippen molar-refractivity contribution in [3.8, 4) is 0 Å². The summed E-state index contributed by atoms with van der Waals surface area (Å²) in [6.07, 6.45) is 4.11. The first-order chi connectivity index (χ1) is 9.34. The molecule has 2 aromatic rings. The molecule has 0 unspecified atom stereocenters. The van der Waals surface area contributed by atoms with Crippen LogP contribution in [0.15, 0.2) is 29.2 Å². The molecule has 19 heavy (non-hydrogen) atoms. The second-order valence-electron chi connectivity index (χ2n) is 4.40. The molecule has 1 amide bonds. The van der Waals surface area contributed by atoms with Gasteiger partial charge in [-0.2, -0.15) is 0 Å². The second-order valence-corrected chi connectivity index (χ2v) is 5.12. The minimum Gasteiger partial charge on any atom is -0.355 e. The summed E-state index contributed by atoms with van der Waals surface area (Å²) in [7, 11) is 0. The summed E-state index contributed by atoms with van der Waals surface area (Å²) in [5.74, 6) is 0.665. The molecule has 3 heterocycles. The van der Waals surface area contributed by atoms with Gasteiger partial charge in [-0.1, -0.05) is 0 Å². The van der Waals surface area contributed by atoms with Gasteiger partial charge in [0.15, 0.2) is 5.82 Å². The Balaban J connectivity index is 1.82. The van der Waals surface area contributed by atoms with Crippen molar-refractivity contribution in [3.05, 3.63) is 34.9 Å². The average molecular weight is 274 g/mol. The highest BCUT2D eigenvalue weighted by atomic mass is 32.1. The van der Waals surface area contributed by atoms with Crippen molar-refractivity contribution < 1.29 is 4.79 Å². The maximum absolute atomic E-state index is 12.0. The fourth-order valence-electron chi connectivity index (χ4n) is 2.19. The van der Waals surface area contributed by atoms with E-state index in [1.807, 2.05) is 12.1 Å². The van der Waals surface area contributed by atoms with E-state index in [1.54, 1.807) is 17.1 Å². The van der Waals surface area contributed by atoms with E-state index in [0.717, 1.165) is 24.6 Å². The van der Waals surface area contributed by atoms with Crippen LogP contribution in [-0.4, -0.2) is 29.0 Å². The van der Waals surface area contributed by atoms with Crippen LogP contribution >= 0.6 is 11.3 Å². The van der Waals surface area contributed by atoms with E-state index in [2.05, 4.69) is 20.2 Å². The Labute approximate surface area is 115 Å². The molecule has 1 saturated heterocycles. The highest BCUT2D eigenvalue weighted by molar-refractivity contribution is 7.07. The third-order valence-corrected chi connectivity index (χ3v) is 3.69. The molecule has 0 aliphatic carbocycles. The Morgan fingerprint density at radius 3 is 2.89 bits per heavy atom. The molecule has 6 heteroatoms. The van der Waals surface area contributed by atoms with E-state index in [9.17, 15) is 4.79 Å². The van der Waals surface area contributed by atoms with E-state index in [0.29, 0.717) is 5.69 Å². The van der Waals surface area contributed by atoms with Crippen molar-refractivity contribution in [2.75, 3.05) is 23.3 Å². The van der Waals surface area contributed by atoms with Crippen molar-refractivity contribution in [3.63, 3.8) is 0 Å². The summed E-state index contributed by atoms with van der Waals surface area (Å²) in [5, 5.41) is 4.63. The fourth-order valence-corrected chi connectivity index (χ4v) is 2.72. The van der Waals surface area contributed by atoms with Gasteiger partial charge in [0.1, 0.15) is 5.69 Å². The zero-order valence-corrected chi connectivity index (χ0v) is 11.2. The van der Waals surface area contributed by atoms with Crippen molar-refractivity contribution in [1.82, 2.24) is 9.97 Å². The second kappa shape index (κ2) is 5.36. The van der Waals surface area contributed by atoms with Crippen LogP contribution in [0, 0.1) is 0 Å². The van der Waals surface area contributed by atoms with Gasteiger partial charge in [-0.25, -0.2) is 9.97 Å². The Morgan fingerprint density at radius 1 is 1.32 bits per heavy atom. The lowest BCUT2D eigenvalue weighted by Gasteiger charge is -2.19. The number of hydrogen-bond acceptors (Lipinski definition) is 5. The zero-order chi connectivity index (χ0) is 13.1. The van der Waals surface area contributed by atoms with Crippen LogP contribution in [0.25, 0.3) is 0 Å². The smallest absolute Gasteiger partial charge is 0.275 e. The van der Waals surface area contributed by atoms with Gasteiger partial charge < -0.3 is 10.2 Å². The first-order valence-corrected chi connectivity index (χ1v) is 7.18. The SMILES string of the molecule is O=C(Nc1cccnc1N1CCCC1)c1cscn1. The molecular weight excluding hydrogens is 260 g/mol. The topological polar surface area (TPSA) is 58.1 Å². The molecule has 0 saturated carbocycles. The van der Waals surface area contributed by atoms with Gasteiger partial charge >= 0.3 is 0 Å². The number of thiazole rings is 1. The Morgan fingerprint density at radius 2 is 2.16 bits per heavy atom. The lowest BCUT2D eigenvalue weighted by molar-refractivity contribution is 0.102. The number of hydrogen-bond donors (Lipinski definition) is 1. The molecule has 0 spiro atoms. The number of anilines is 2. The monoisotopic (exact) mass is 274 g/mol. The van der Waals surface area contributed by atoms with Crippen LogP contribution in [-0.2, 0) is 0 Å². The quantitative estimate of drug-likeness (QED) is 0.933. The first kappa shape index (κ1) is 12.1. The molecule has 1 aliphatic rings. The molecule has 5 nitrogen and oxygen atoms in total. The molecule has 3 rings (SSSR count). The van der Waals surface area contributed by atoms with Gasteiger partial charge in [-0.3, -0.25) is 4.79 Å². The minimum atomic E-state index is -0.185. The molecular formula is C13H14N4OS. The van der Waals surface area contributed by atoms with Crippen LogP contribution in [0.1, 0.15) is 23.3 Å². The molecule has 0 radical (unpaired) electrons. The van der Waals surface area contributed by atoms with Crippen molar-refractivity contribution >= 4 is 28.7 Å². The summed E-state index contributed by atoms with van der Waals surface area (Å²) in [5.41, 5.74) is 2.85. The van der Waals surface area contributed by atoms with Crippen LogP contribution in [0.5, 0.6) is 0 Å². The highest BCUT2D eigenvalue weighted by Gasteiger charge is 2.18. The molecule has 0 bridgehead atoms. The van der Waals surface area contributed by atoms with Gasteiger partial charge in [0.05, 0.1) is 11.2 Å². The van der Waals surface area contributed by atoms with Gasteiger partial charge in [0, 0.05) is 24.7 Å². The van der Waals surface area contributed by atoms with Crippen molar-refractivity contribution in [1.29, 1.82) is 0 Å². The predicted octanol–water partition coefficient (Wildman–Crippen LogP) is 2.39. The third-order valence-electron chi connectivity index (χ3n) is 3.11. The summed E-state index contributed by atoms with van der Waals surface area (Å²) in [6.45, 7) is 1.99. The summed E-state index contributed by atoms with van der Waals surface area (Å²) in [6, 6.07) is 3.71. The first-order valence-electron chi connectivity index (χ1n) is 6.24. The molecule has 2 aromatic heterocycles. The van der Waals surface area contributed by atoms with Crippen LogP contribution in [0.4, 0.5) is 11.5 Å². The summed E-state index contributed by atoms with van der Waals surface area (Å²) < 4.78 is 0. The van der Waals surface area contributed by atoms with Gasteiger partial charge in [0.25, 0.3) is 5.91 Å². The number of rotatable bonds is 3. The number of nitrogens with one attached hydrogen (secondary N) is 1. The van der Waals surface area contributed by atoms with E-state index in [1.165, 1.54) is 24.2 Å². The predicted molar refractivity (Wildman–Crippen MR) is 75.8 cm³/mol. The van der Waals surface area contributed by atoms with Crippen molar-refractivity contribution in [2.45, 2.75) is 12.8 Å². The van der Waals surface area contributed by atoms with Crippen molar-refractivity contribution in [2.24, 2.45) is 0 Å². The number of pyridine rings is 1. The maximum atomic E-state index is 12.0. The zero-order valence-electron chi connectivity index (χ0n) is 10.4. The third kappa shape index (κ3) is 2.58.